The molecule has 5 heteroatoms. The lowest BCUT2D eigenvalue weighted by Gasteiger charge is -2.44. The average molecular weight is 558 g/mol. The van der Waals surface area contributed by atoms with Crippen LogP contribution in [0.2, 0.25) is 0 Å². The fourth-order valence-corrected chi connectivity index (χ4v) is 8.14. The molecule has 0 amide bonds. The molecule has 0 aliphatic carbocycles. The van der Waals surface area contributed by atoms with Crippen LogP contribution in [0.25, 0.3) is 22.3 Å². The standard InChI is InChI=1S/C37H24BFN2S/c1-22-9-2-3-12-26(22)27-13-7-14-28-36(27)40-30-20-24(23-10-6-11-25(39)19-23)21-32-35(30)38(28)29-15-8-18-34-37(29)41(32)31-16-4-5-17-33(31)42-34/h2-21,40H,1H3. The zero-order valence-corrected chi connectivity index (χ0v) is 23.7. The van der Waals surface area contributed by atoms with Gasteiger partial charge in [0.15, 0.2) is 0 Å². The van der Waals surface area contributed by atoms with E-state index in [4.69, 9.17) is 0 Å². The lowest BCUT2D eigenvalue weighted by Crippen LogP contribution is -2.60. The Hall–Kier alpha value is -4.74. The summed E-state index contributed by atoms with van der Waals surface area (Å²) in [7, 11) is 0. The van der Waals surface area contributed by atoms with Crippen molar-refractivity contribution in [2.24, 2.45) is 0 Å². The quantitative estimate of drug-likeness (QED) is 0.215. The van der Waals surface area contributed by atoms with E-state index < -0.39 is 0 Å². The van der Waals surface area contributed by atoms with Gasteiger partial charge in [-0.25, -0.2) is 4.39 Å². The van der Waals surface area contributed by atoms with Crippen molar-refractivity contribution in [2.45, 2.75) is 16.7 Å². The van der Waals surface area contributed by atoms with Crippen molar-refractivity contribution in [3.05, 3.63) is 133 Å². The van der Waals surface area contributed by atoms with E-state index in [9.17, 15) is 4.39 Å². The Balaban J connectivity index is 1.38. The third-order valence-corrected chi connectivity index (χ3v) is 9.95. The minimum absolute atomic E-state index is 0.0637. The first-order valence-electron chi connectivity index (χ1n) is 14.3. The van der Waals surface area contributed by atoms with E-state index in [0.717, 1.165) is 28.2 Å². The van der Waals surface area contributed by atoms with Gasteiger partial charge in [-0.1, -0.05) is 90.6 Å². The lowest BCUT2D eigenvalue weighted by atomic mass is 9.33. The summed E-state index contributed by atoms with van der Waals surface area (Å²) in [6, 6.07) is 42.0. The number of aryl methyl sites for hydroxylation is 1. The molecule has 0 radical (unpaired) electrons. The summed E-state index contributed by atoms with van der Waals surface area (Å²) in [5.74, 6) is -0.232. The van der Waals surface area contributed by atoms with Gasteiger partial charge in [0.05, 0.1) is 11.4 Å². The first kappa shape index (κ1) is 23.9. The van der Waals surface area contributed by atoms with E-state index in [-0.39, 0.29) is 12.5 Å². The van der Waals surface area contributed by atoms with E-state index in [1.165, 1.54) is 60.3 Å². The summed E-state index contributed by atoms with van der Waals surface area (Å²) < 4.78 is 14.5. The second-order valence-electron chi connectivity index (χ2n) is 11.2. The molecule has 42 heavy (non-hydrogen) atoms. The van der Waals surface area contributed by atoms with Crippen molar-refractivity contribution in [1.82, 2.24) is 0 Å². The highest BCUT2D eigenvalue weighted by Gasteiger charge is 2.44. The molecular formula is C37H24BFN2S. The van der Waals surface area contributed by atoms with E-state index in [1.54, 1.807) is 12.1 Å². The Morgan fingerprint density at radius 2 is 1.43 bits per heavy atom. The summed E-state index contributed by atoms with van der Waals surface area (Å²) in [4.78, 5) is 4.92. The number of benzene rings is 6. The molecule has 6 aromatic carbocycles. The molecule has 9 rings (SSSR count). The average Bonchev–Trinajstić information content (AvgIpc) is 3.02. The van der Waals surface area contributed by atoms with Crippen LogP contribution in [0.15, 0.2) is 131 Å². The summed E-state index contributed by atoms with van der Waals surface area (Å²) in [6.45, 7) is 2.24. The number of anilines is 5. The Bertz CT molecular complexity index is 2110. The number of rotatable bonds is 2. The molecule has 0 unspecified atom stereocenters. The minimum Gasteiger partial charge on any atom is -0.356 e. The van der Waals surface area contributed by atoms with Gasteiger partial charge in [-0.15, -0.1) is 0 Å². The second kappa shape index (κ2) is 8.88. The first-order valence-corrected chi connectivity index (χ1v) is 15.1. The normalized spacial score (nSPS) is 13.5. The molecule has 0 aromatic heterocycles. The number of hydrogen-bond donors (Lipinski definition) is 1. The van der Waals surface area contributed by atoms with E-state index in [2.05, 4.69) is 114 Å². The summed E-state index contributed by atoms with van der Waals surface area (Å²) in [5, 5.41) is 3.91. The molecule has 3 heterocycles. The van der Waals surface area contributed by atoms with Crippen LogP contribution in [0.5, 0.6) is 0 Å². The van der Waals surface area contributed by atoms with Crippen LogP contribution >= 0.6 is 11.8 Å². The maximum Gasteiger partial charge on any atom is 0.252 e. The Morgan fingerprint density at radius 3 is 2.33 bits per heavy atom. The predicted molar refractivity (Wildman–Crippen MR) is 175 cm³/mol. The van der Waals surface area contributed by atoms with Crippen LogP contribution in [0, 0.1) is 12.7 Å². The number of nitrogens with one attached hydrogen (secondary N) is 1. The van der Waals surface area contributed by atoms with Crippen LogP contribution in [0.3, 0.4) is 0 Å². The van der Waals surface area contributed by atoms with Crippen molar-refractivity contribution in [3.8, 4) is 22.3 Å². The fourth-order valence-electron chi connectivity index (χ4n) is 7.04. The number of hydrogen-bond acceptors (Lipinski definition) is 3. The van der Waals surface area contributed by atoms with Crippen molar-refractivity contribution in [1.29, 1.82) is 0 Å². The van der Waals surface area contributed by atoms with Crippen LogP contribution in [-0.2, 0) is 0 Å². The molecule has 3 aliphatic heterocycles. The van der Waals surface area contributed by atoms with Gasteiger partial charge in [-0.2, -0.15) is 0 Å². The van der Waals surface area contributed by atoms with Crippen LogP contribution < -0.4 is 26.6 Å². The second-order valence-corrected chi connectivity index (χ2v) is 12.3. The van der Waals surface area contributed by atoms with Gasteiger partial charge in [-0.3, -0.25) is 0 Å². The zero-order valence-electron chi connectivity index (χ0n) is 22.9. The fraction of sp³-hybridized carbons (Fsp3) is 0.0270. The maximum absolute atomic E-state index is 14.5. The summed E-state index contributed by atoms with van der Waals surface area (Å²) >= 11 is 1.84. The van der Waals surface area contributed by atoms with E-state index in [0.29, 0.717) is 0 Å². The zero-order chi connectivity index (χ0) is 27.9. The molecule has 0 saturated heterocycles. The van der Waals surface area contributed by atoms with Crippen molar-refractivity contribution in [2.75, 3.05) is 10.2 Å². The smallest absolute Gasteiger partial charge is 0.252 e. The Morgan fingerprint density at radius 1 is 0.667 bits per heavy atom. The molecule has 6 aromatic rings. The third-order valence-electron chi connectivity index (χ3n) is 8.84. The van der Waals surface area contributed by atoms with Gasteiger partial charge in [0.25, 0.3) is 6.71 Å². The lowest BCUT2D eigenvalue weighted by molar-refractivity contribution is 0.628. The number of fused-ring (bicyclic) bond motifs is 6. The van der Waals surface area contributed by atoms with E-state index in [1.807, 2.05) is 17.8 Å². The molecule has 198 valence electrons. The van der Waals surface area contributed by atoms with Gasteiger partial charge in [0, 0.05) is 32.4 Å². The number of para-hydroxylation sites is 3. The van der Waals surface area contributed by atoms with Gasteiger partial charge in [0.1, 0.15) is 5.82 Å². The molecule has 0 fully saturated rings. The first-order chi connectivity index (χ1) is 20.7. The molecule has 0 saturated carbocycles. The maximum atomic E-state index is 14.5. The SMILES string of the molecule is Cc1ccccc1-c1cccc2c1Nc1cc(-c3cccc(F)c3)cc3c1B2c1cccc2c1N3c1ccccc1S2. The van der Waals surface area contributed by atoms with Crippen LogP contribution in [-0.4, -0.2) is 6.71 Å². The predicted octanol–water partition coefficient (Wildman–Crippen LogP) is 8.29. The highest BCUT2D eigenvalue weighted by Crippen LogP contribution is 2.53. The Kier molecular flexibility index (Phi) is 5.06. The monoisotopic (exact) mass is 558 g/mol. The largest absolute Gasteiger partial charge is 0.356 e. The topological polar surface area (TPSA) is 15.3 Å². The third kappa shape index (κ3) is 3.34. The molecule has 0 spiro atoms. The van der Waals surface area contributed by atoms with Crippen molar-refractivity contribution in [3.63, 3.8) is 0 Å². The summed E-state index contributed by atoms with van der Waals surface area (Å²) in [6.07, 6.45) is 0. The molecule has 3 aliphatic rings. The van der Waals surface area contributed by atoms with Crippen molar-refractivity contribution < 1.29 is 4.39 Å². The van der Waals surface area contributed by atoms with Crippen LogP contribution in [0.4, 0.5) is 32.8 Å². The molecule has 1 N–H and O–H groups in total. The number of halogens is 1. The molecular weight excluding hydrogens is 534 g/mol. The van der Waals surface area contributed by atoms with E-state index >= 15 is 0 Å². The summed E-state index contributed by atoms with van der Waals surface area (Å²) in [5.41, 5.74) is 15.1. The highest BCUT2D eigenvalue weighted by atomic mass is 32.2. The molecule has 2 nitrogen and oxygen atoms in total. The van der Waals surface area contributed by atoms with Gasteiger partial charge in [0.2, 0.25) is 0 Å². The van der Waals surface area contributed by atoms with Crippen molar-refractivity contribution >= 4 is 63.3 Å². The molecule has 0 bridgehead atoms. The molecule has 0 atom stereocenters. The minimum atomic E-state index is -0.232. The van der Waals surface area contributed by atoms with Gasteiger partial charge >= 0.3 is 0 Å². The van der Waals surface area contributed by atoms with Gasteiger partial charge in [-0.05, 0) is 88.0 Å². The number of nitrogens with zero attached hydrogens (tertiary/aromatic N) is 1. The van der Waals surface area contributed by atoms with Crippen LogP contribution in [0.1, 0.15) is 5.56 Å². The highest BCUT2D eigenvalue weighted by molar-refractivity contribution is 7.99. The Labute approximate surface area is 248 Å². The van der Waals surface area contributed by atoms with Gasteiger partial charge < -0.3 is 10.2 Å².